The van der Waals surface area contributed by atoms with Crippen LogP contribution in [0.5, 0.6) is 0 Å². The van der Waals surface area contributed by atoms with Crippen LogP contribution in [0, 0.1) is 5.82 Å². The van der Waals surface area contributed by atoms with Crippen molar-refractivity contribution in [3.8, 4) is 0 Å². The van der Waals surface area contributed by atoms with E-state index in [1.807, 2.05) is 0 Å². The molecule has 1 atom stereocenters. The number of carbonyl (C=O) groups excluding carboxylic acids is 2. The number of Topliss-reactive ketones (excluding diaryl/α,β-unsaturated/α-hetero) is 1. The Balaban J connectivity index is 1.93. The first kappa shape index (κ1) is 20.1. The van der Waals surface area contributed by atoms with Crippen LogP contribution in [0.3, 0.4) is 0 Å². The maximum absolute atomic E-state index is 13.5. The van der Waals surface area contributed by atoms with E-state index in [4.69, 9.17) is 23.2 Å². The van der Waals surface area contributed by atoms with Crippen molar-refractivity contribution in [3.05, 3.63) is 105 Å². The minimum absolute atomic E-state index is 0.0936. The van der Waals surface area contributed by atoms with Crippen molar-refractivity contribution < 1.29 is 19.1 Å². The molecule has 1 amide bonds. The molecule has 30 heavy (non-hydrogen) atoms. The molecule has 3 aromatic carbocycles. The van der Waals surface area contributed by atoms with Crippen LogP contribution in [-0.2, 0) is 9.59 Å². The van der Waals surface area contributed by atoms with E-state index in [1.165, 1.54) is 29.2 Å². The number of ketones is 1. The Labute approximate surface area is 181 Å². The van der Waals surface area contributed by atoms with Crippen molar-refractivity contribution in [1.82, 2.24) is 0 Å². The topological polar surface area (TPSA) is 57.6 Å². The number of aliphatic hydroxyl groups is 1. The van der Waals surface area contributed by atoms with Gasteiger partial charge < -0.3 is 5.11 Å². The van der Waals surface area contributed by atoms with E-state index in [9.17, 15) is 19.1 Å². The second-order valence-corrected chi connectivity index (χ2v) is 7.58. The van der Waals surface area contributed by atoms with E-state index in [2.05, 4.69) is 0 Å². The third-order valence-electron chi connectivity index (χ3n) is 4.85. The molecule has 0 radical (unpaired) electrons. The molecule has 3 aromatic rings. The summed E-state index contributed by atoms with van der Waals surface area (Å²) in [4.78, 5) is 27.2. The second-order valence-electron chi connectivity index (χ2n) is 6.70. The summed E-state index contributed by atoms with van der Waals surface area (Å²) in [5.74, 6) is -2.44. The van der Waals surface area contributed by atoms with E-state index >= 15 is 0 Å². The molecule has 7 heteroatoms. The number of rotatable bonds is 3. The zero-order valence-electron chi connectivity index (χ0n) is 15.4. The summed E-state index contributed by atoms with van der Waals surface area (Å²) in [5.41, 5.74) is 1.14. The first-order valence-corrected chi connectivity index (χ1v) is 9.70. The van der Waals surface area contributed by atoms with Crippen molar-refractivity contribution in [1.29, 1.82) is 0 Å². The molecule has 1 fully saturated rings. The molecule has 1 N–H and O–H groups in total. The third-order valence-corrected chi connectivity index (χ3v) is 5.36. The largest absolute Gasteiger partial charge is 0.507 e. The number of benzene rings is 3. The van der Waals surface area contributed by atoms with Gasteiger partial charge in [-0.2, -0.15) is 0 Å². The number of carbonyl (C=O) groups is 2. The smallest absolute Gasteiger partial charge is 0.300 e. The monoisotopic (exact) mass is 441 g/mol. The standard InChI is InChI=1S/C23H14Cl2FNO3/c24-15-5-1-14(2-6-15)21(28)19-20(13-3-9-17(26)10-4-13)27(23(30)22(19)29)18-11-7-16(25)8-12-18/h1-12,20,28H/b21-19+. The summed E-state index contributed by atoms with van der Waals surface area (Å²) >= 11 is 11.9. The van der Waals surface area contributed by atoms with Crippen LogP contribution in [0.2, 0.25) is 10.0 Å². The lowest BCUT2D eigenvalue weighted by atomic mass is 9.95. The molecule has 1 saturated heterocycles. The Morgan fingerprint density at radius 2 is 1.37 bits per heavy atom. The summed E-state index contributed by atoms with van der Waals surface area (Å²) in [5, 5.41) is 11.9. The fraction of sp³-hybridized carbons (Fsp3) is 0.0435. The third kappa shape index (κ3) is 3.58. The van der Waals surface area contributed by atoms with Crippen LogP contribution in [0.1, 0.15) is 17.2 Å². The van der Waals surface area contributed by atoms with Crippen LogP contribution in [0.4, 0.5) is 10.1 Å². The number of aliphatic hydroxyl groups excluding tert-OH is 1. The van der Waals surface area contributed by atoms with Gasteiger partial charge >= 0.3 is 0 Å². The maximum Gasteiger partial charge on any atom is 0.300 e. The van der Waals surface area contributed by atoms with Gasteiger partial charge in [0.1, 0.15) is 11.6 Å². The highest BCUT2D eigenvalue weighted by molar-refractivity contribution is 6.51. The minimum atomic E-state index is -0.942. The molecule has 0 spiro atoms. The summed E-state index contributed by atoms with van der Waals surface area (Å²) in [6, 6.07) is 17.1. The summed E-state index contributed by atoms with van der Waals surface area (Å²) < 4.78 is 13.5. The summed E-state index contributed by atoms with van der Waals surface area (Å²) in [6.45, 7) is 0. The molecular formula is C23H14Cl2FNO3. The van der Waals surface area contributed by atoms with E-state index in [0.717, 1.165) is 0 Å². The normalized spacial score (nSPS) is 18.1. The maximum atomic E-state index is 13.5. The highest BCUT2D eigenvalue weighted by atomic mass is 35.5. The average Bonchev–Trinajstić information content (AvgIpc) is 3.00. The Morgan fingerprint density at radius 1 is 0.833 bits per heavy atom. The zero-order chi connectivity index (χ0) is 21.4. The second kappa shape index (κ2) is 7.94. The van der Waals surface area contributed by atoms with Crippen LogP contribution in [0.25, 0.3) is 5.76 Å². The van der Waals surface area contributed by atoms with Crippen LogP contribution >= 0.6 is 23.2 Å². The molecule has 150 valence electrons. The minimum Gasteiger partial charge on any atom is -0.507 e. The lowest BCUT2D eigenvalue weighted by Crippen LogP contribution is -2.29. The Hall–Kier alpha value is -3.15. The van der Waals surface area contributed by atoms with E-state index < -0.39 is 23.5 Å². The van der Waals surface area contributed by atoms with Crippen LogP contribution in [0.15, 0.2) is 78.4 Å². The summed E-state index contributed by atoms with van der Waals surface area (Å²) in [7, 11) is 0. The van der Waals surface area contributed by atoms with Gasteiger partial charge in [0.2, 0.25) is 0 Å². The van der Waals surface area contributed by atoms with Crippen molar-refractivity contribution in [3.63, 3.8) is 0 Å². The highest BCUT2D eigenvalue weighted by Gasteiger charge is 2.46. The van der Waals surface area contributed by atoms with Gasteiger partial charge in [-0.15, -0.1) is 0 Å². The van der Waals surface area contributed by atoms with Gasteiger partial charge in [0, 0.05) is 21.3 Å². The van der Waals surface area contributed by atoms with Crippen molar-refractivity contribution in [2.45, 2.75) is 6.04 Å². The molecule has 1 aliphatic rings. The van der Waals surface area contributed by atoms with E-state index in [-0.39, 0.29) is 11.3 Å². The Bertz CT molecular complexity index is 1160. The fourth-order valence-corrected chi connectivity index (χ4v) is 3.68. The molecular weight excluding hydrogens is 428 g/mol. The molecule has 1 aliphatic heterocycles. The van der Waals surface area contributed by atoms with Gasteiger partial charge in [0.25, 0.3) is 11.7 Å². The first-order valence-electron chi connectivity index (χ1n) is 8.95. The van der Waals surface area contributed by atoms with E-state index in [0.29, 0.717) is 26.9 Å². The van der Waals surface area contributed by atoms with Crippen molar-refractivity contribution in [2.75, 3.05) is 4.90 Å². The SMILES string of the molecule is O=C1C(=O)N(c2ccc(Cl)cc2)C(c2ccc(F)cc2)/C1=C(\O)c1ccc(Cl)cc1. The molecule has 1 unspecified atom stereocenters. The molecule has 0 aromatic heterocycles. The van der Waals surface area contributed by atoms with E-state index in [1.54, 1.807) is 48.5 Å². The first-order chi connectivity index (χ1) is 14.4. The van der Waals surface area contributed by atoms with Crippen molar-refractivity contribution >= 4 is 46.3 Å². The number of halogens is 3. The molecule has 4 nitrogen and oxygen atoms in total. The average molecular weight is 442 g/mol. The van der Waals surface area contributed by atoms with Crippen molar-refractivity contribution in [2.24, 2.45) is 0 Å². The molecule has 0 saturated carbocycles. The molecule has 4 rings (SSSR count). The number of amides is 1. The van der Waals surface area contributed by atoms with Gasteiger partial charge in [-0.05, 0) is 66.2 Å². The number of anilines is 1. The molecule has 0 aliphatic carbocycles. The quantitative estimate of drug-likeness (QED) is 0.319. The van der Waals surface area contributed by atoms with Gasteiger partial charge in [-0.1, -0.05) is 35.3 Å². The van der Waals surface area contributed by atoms with Gasteiger partial charge in [0.05, 0.1) is 11.6 Å². The van der Waals surface area contributed by atoms with Gasteiger partial charge in [-0.25, -0.2) is 4.39 Å². The predicted octanol–water partition coefficient (Wildman–Crippen LogP) is 5.76. The van der Waals surface area contributed by atoms with Crippen LogP contribution < -0.4 is 4.90 Å². The predicted molar refractivity (Wildman–Crippen MR) is 114 cm³/mol. The fourth-order valence-electron chi connectivity index (χ4n) is 3.42. The number of hydrogen-bond donors (Lipinski definition) is 1. The lowest BCUT2D eigenvalue weighted by molar-refractivity contribution is -0.132. The van der Waals surface area contributed by atoms with Crippen LogP contribution in [-0.4, -0.2) is 16.8 Å². The zero-order valence-corrected chi connectivity index (χ0v) is 16.9. The lowest BCUT2D eigenvalue weighted by Gasteiger charge is -2.25. The van der Waals surface area contributed by atoms with Gasteiger partial charge in [-0.3, -0.25) is 14.5 Å². The Kier molecular flexibility index (Phi) is 5.33. The molecule has 0 bridgehead atoms. The molecule has 1 heterocycles. The number of hydrogen-bond acceptors (Lipinski definition) is 3. The number of nitrogens with zero attached hydrogens (tertiary/aromatic N) is 1. The summed E-state index contributed by atoms with van der Waals surface area (Å²) in [6.07, 6.45) is 0. The van der Waals surface area contributed by atoms with Gasteiger partial charge in [0.15, 0.2) is 0 Å². The Morgan fingerprint density at radius 3 is 1.93 bits per heavy atom. The highest BCUT2D eigenvalue weighted by Crippen LogP contribution is 2.42.